The summed E-state index contributed by atoms with van der Waals surface area (Å²) in [5, 5.41) is 74.1. The lowest BCUT2D eigenvalue weighted by molar-refractivity contribution is -0.342. The number of amides is 1. The summed E-state index contributed by atoms with van der Waals surface area (Å²) >= 11 is 0. The molecule has 13 nitrogen and oxygen atoms in total. The molecule has 39 heavy (non-hydrogen) atoms. The van der Waals surface area contributed by atoms with Crippen LogP contribution in [0.3, 0.4) is 0 Å². The Labute approximate surface area is 223 Å². The van der Waals surface area contributed by atoms with E-state index in [0.717, 1.165) is 0 Å². The molecular weight excluding hydrogens is 518 g/mol. The van der Waals surface area contributed by atoms with Crippen LogP contribution < -0.4 is 10.1 Å². The van der Waals surface area contributed by atoms with Gasteiger partial charge in [0.2, 0.25) is 0 Å². The molecule has 2 aromatic rings. The maximum atomic E-state index is 11.7. The van der Waals surface area contributed by atoms with Crippen molar-refractivity contribution in [3.8, 4) is 11.5 Å². The highest BCUT2D eigenvalue weighted by Crippen LogP contribution is 2.37. The average molecular weight is 552 g/mol. The van der Waals surface area contributed by atoms with Gasteiger partial charge in [0.05, 0.1) is 13.2 Å². The van der Waals surface area contributed by atoms with Crippen molar-refractivity contribution in [2.45, 2.75) is 61.2 Å². The molecule has 2 aliphatic rings. The van der Waals surface area contributed by atoms with Crippen LogP contribution >= 0.6 is 0 Å². The number of hydrogen-bond acceptors (Lipinski definition) is 12. The topological polar surface area (TPSA) is 208 Å². The molecule has 1 amide bonds. The first-order valence-electron chi connectivity index (χ1n) is 12.4. The van der Waals surface area contributed by atoms with E-state index < -0.39 is 74.4 Å². The van der Waals surface area contributed by atoms with Crippen molar-refractivity contribution >= 4 is 5.91 Å². The molecule has 2 aromatic carbocycles. The molecule has 2 aliphatic heterocycles. The van der Waals surface area contributed by atoms with Gasteiger partial charge < -0.3 is 60.0 Å². The number of carbonyl (C=O) groups excluding carboxylic acids is 1. The molecule has 2 fully saturated rings. The van der Waals surface area contributed by atoms with E-state index in [4.69, 9.17) is 18.9 Å². The first kappa shape index (κ1) is 29.3. The van der Waals surface area contributed by atoms with E-state index in [1.807, 2.05) is 0 Å². The Balaban J connectivity index is 1.53. The predicted octanol–water partition coefficient (Wildman–Crippen LogP) is -1.82. The molecule has 0 radical (unpaired) electrons. The quantitative estimate of drug-likeness (QED) is 0.182. The van der Waals surface area contributed by atoms with Crippen molar-refractivity contribution < 1.29 is 59.5 Å². The van der Waals surface area contributed by atoms with Crippen LogP contribution in [0.1, 0.15) is 22.0 Å². The molecule has 10 atom stereocenters. The number of carbonyl (C=O) groups is 1. The number of nitrogens with one attached hydrogen (secondary N) is 1. The molecule has 0 aromatic heterocycles. The maximum absolute atomic E-state index is 11.7. The van der Waals surface area contributed by atoms with Crippen LogP contribution in [-0.4, -0.2) is 117 Å². The SMILES string of the molecule is CNC(=O)c1ccc(Oc2cccc([C@H]3O[C@H](CO)[C@@H](O)[C@H](O[C@H]4O[C@H](CO)[C@@H](O)[C@H](O)[C@@H]4O)[C@@H]3O)c2)cc1. The monoisotopic (exact) mass is 551 g/mol. The summed E-state index contributed by atoms with van der Waals surface area (Å²) in [5.74, 6) is 0.569. The Bertz CT molecular complexity index is 1100. The van der Waals surface area contributed by atoms with E-state index in [1.54, 1.807) is 48.5 Å². The molecule has 0 bridgehead atoms. The van der Waals surface area contributed by atoms with Gasteiger partial charge in [0.1, 0.15) is 66.4 Å². The van der Waals surface area contributed by atoms with Gasteiger partial charge in [-0.05, 0) is 42.0 Å². The zero-order valence-electron chi connectivity index (χ0n) is 21.0. The molecule has 8 N–H and O–H groups in total. The van der Waals surface area contributed by atoms with Crippen LogP contribution in [0.15, 0.2) is 48.5 Å². The number of rotatable bonds is 8. The second-order valence-electron chi connectivity index (χ2n) is 9.33. The number of ether oxygens (including phenoxy) is 4. The maximum Gasteiger partial charge on any atom is 0.251 e. The minimum Gasteiger partial charge on any atom is -0.457 e. The van der Waals surface area contributed by atoms with Gasteiger partial charge in [0.25, 0.3) is 5.91 Å². The summed E-state index contributed by atoms with van der Waals surface area (Å²) in [5.41, 5.74) is 0.867. The highest BCUT2D eigenvalue weighted by molar-refractivity contribution is 5.94. The van der Waals surface area contributed by atoms with E-state index in [1.165, 1.54) is 7.05 Å². The lowest BCUT2D eigenvalue weighted by Crippen LogP contribution is -2.63. The molecule has 4 rings (SSSR count). The number of hydrogen-bond donors (Lipinski definition) is 8. The zero-order chi connectivity index (χ0) is 28.3. The Morgan fingerprint density at radius 2 is 1.49 bits per heavy atom. The van der Waals surface area contributed by atoms with Crippen LogP contribution in [0, 0.1) is 0 Å². The molecule has 0 unspecified atom stereocenters. The van der Waals surface area contributed by atoms with Crippen molar-refractivity contribution in [3.05, 3.63) is 59.7 Å². The third-order valence-corrected chi connectivity index (χ3v) is 6.77. The predicted molar refractivity (Wildman–Crippen MR) is 132 cm³/mol. The molecule has 0 spiro atoms. The fraction of sp³-hybridized carbons (Fsp3) is 0.500. The first-order chi connectivity index (χ1) is 18.7. The number of aliphatic hydroxyl groups is 7. The van der Waals surface area contributed by atoms with Crippen LogP contribution in [0.25, 0.3) is 0 Å². The van der Waals surface area contributed by atoms with E-state index in [0.29, 0.717) is 22.6 Å². The summed E-state index contributed by atoms with van der Waals surface area (Å²) in [6, 6.07) is 12.9. The smallest absolute Gasteiger partial charge is 0.251 e. The van der Waals surface area contributed by atoms with Crippen molar-refractivity contribution in [1.82, 2.24) is 5.32 Å². The third kappa shape index (κ3) is 6.23. The van der Waals surface area contributed by atoms with E-state index in [2.05, 4.69) is 5.32 Å². The van der Waals surface area contributed by atoms with Gasteiger partial charge in [-0.15, -0.1) is 0 Å². The van der Waals surface area contributed by atoms with Crippen molar-refractivity contribution in [2.75, 3.05) is 20.3 Å². The first-order valence-corrected chi connectivity index (χ1v) is 12.4. The largest absolute Gasteiger partial charge is 0.457 e. The summed E-state index contributed by atoms with van der Waals surface area (Å²) < 4.78 is 22.7. The van der Waals surface area contributed by atoms with Gasteiger partial charge in [0.15, 0.2) is 6.29 Å². The van der Waals surface area contributed by atoms with Crippen molar-refractivity contribution in [1.29, 1.82) is 0 Å². The lowest BCUT2D eigenvalue weighted by Gasteiger charge is -2.46. The molecule has 0 aliphatic carbocycles. The second-order valence-corrected chi connectivity index (χ2v) is 9.33. The standard InChI is InChI=1S/C26H33NO12/c1-27-25(35)12-5-7-14(8-6-12)36-15-4-2-3-13(9-15)23-22(34)24(19(31)17(11-29)37-23)39-26-21(33)20(32)18(30)16(10-28)38-26/h2-9,16-24,26,28-34H,10-11H2,1H3,(H,27,35)/t16-,17-,18-,19-,20+,21+,22-,23-,24+,26-/m1/s1. The van der Waals surface area contributed by atoms with Gasteiger partial charge in [-0.25, -0.2) is 0 Å². The normalized spacial score (nSPS) is 34.9. The van der Waals surface area contributed by atoms with E-state index in [-0.39, 0.29) is 5.91 Å². The Morgan fingerprint density at radius 1 is 0.821 bits per heavy atom. The Kier molecular flexibility index (Phi) is 9.51. The minimum absolute atomic E-state index is 0.243. The van der Waals surface area contributed by atoms with Crippen LogP contribution in [0.2, 0.25) is 0 Å². The fourth-order valence-electron chi connectivity index (χ4n) is 4.57. The van der Waals surface area contributed by atoms with Gasteiger partial charge >= 0.3 is 0 Å². The number of aliphatic hydroxyl groups excluding tert-OH is 7. The van der Waals surface area contributed by atoms with Crippen molar-refractivity contribution in [2.24, 2.45) is 0 Å². The number of benzene rings is 2. The molecular formula is C26H33NO12. The summed E-state index contributed by atoms with van der Waals surface area (Å²) in [6.07, 6.45) is -14.9. The fourth-order valence-corrected chi connectivity index (χ4v) is 4.57. The third-order valence-electron chi connectivity index (χ3n) is 6.77. The zero-order valence-corrected chi connectivity index (χ0v) is 21.0. The van der Waals surface area contributed by atoms with Gasteiger partial charge in [-0.2, -0.15) is 0 Å². The molecule has 0 saturated carbocycles. The summed E-state index contributed by atoms with van der Waals surface area (Å²) in [6.45, 7) is -1.32. The summed E-state index contributed by atoms with van der Waals surface area (Å²) in [7, 11) is 1.53. The molecule has 2 heterocycles. The minimum atomic E-state index is -1.76. The highest BCUT2D eigenvalue weighted by atomic mass is 16.7. The molecule has 13 heteroatoms. The van der Waals surface area contributed by atoms with Gasteiger partial charge in [-0.1, -0.05) is 12.1 Å². The van der Waals surface area contributed by atoms with Crippen molar-refractivity contribution in [3.63, 3.8) is 0 Å². The van der Waals surface area contributed by atoms with E-state index >= 15 is 0 Å². The lowest BCUT2D eigenvalue weighted by atomic mass is 9.90. The average Bonchev–Trinajstić information content (AvgIpc) is 2.95. The van der Waals surface area contributed by atoms with E-state index in [9.17, 15) is 40.5 Å². The molecule has 214 valence electrons. The second kappa shape index (κ2) is 12.7. The van der Waals surface area contributed by atoms with Crippen LogP contribution in [-0.2, 0) is 14.2 Å². The van der Waals surface area contributed by atoms with Gasteiger partial charge in [0, 0.05) is 12.6 Å². The van der Waals surface area contributed by atoms with Crippen LogP contribution in [0.4, 0.5) is 0 Å². The molecule has 2 saturated heterocycles. The summed E-state index contributed by atoms with van der Waals surface area (Å²) in [4.78, 5) is 11.7. The Hall–Kier alpha value is -2.69. The highest BCUT2D eigenvalue weighted by Gasteiger charge is 2.50. The van der Waals surface area contributed by atoms with Crippen LogP contribution in [0.5, 0.6) is 11.5 Å². The Morgan fingerprint density at radius 3 is 2.13 bits per heavy atom. The van der Waals surface area contributed by atoms with Gasteiger partial charge in [-0.3, -0.25) is 4.79 Å².